The van der Waals surface area contributed by atoms with E-state index in [0.29, 0.717) is 12.1 Å². The number of urea groups is 1. The van der Waals surface area contributed by atoms with Gasteiger partial charge in [-0.25, -0.2) is 23.4 Å². The number of fused-ring (bicyclic) bond motifs is 1. The number of ether oxygens (including phenoxy) is 1. The van der Waals surface area contributed by atoms with Crippen LogP contribution in [-0.2, 0) is 16.0 Å². The monoisotopic (exact) mass is 364 g/mol. The van der Waals surface area contributed by atoms with Gasteiger partial charge < -0.3 is 19.9 Å². The SMILES string of the molecule is COC(=O)[C@H](C)NC(=O)N1CCc2[nH]cnc2[C@H]1c1cccc(F)c1F. The van der Waals surface area contributed by atoms with E-state index in [-0.39, 0.29) is 12.1 Å². The molecule has 138 valence electrons. The Bertz CT molecular complexity index is 839. The fourth-order valence-corrected chi connectivity index (χ4v) is 3.05. The maximum atomic E-state index is 14.4. The smallest absolute Gasteiger partial charge is 0.328 e. The first kappa shape index (κ1) is 17.8. The number of carbonyl (C=O) groups is 2. The predicted molar refractivity (Wildman–Crippen MR) is 87.2 cm³/mol. The lowest BCUT2D eigenvalue weighted by atomic mass is 9.95. The van der Waals surface area contributed by atoms with Crippen molar-refractivity contribution in [2.45, 2.75) is 25.4 Å². The molecule has 3 rings (SSSR count). The van der Waals surface area contributed by atoms with Crippen LogP contribution in [0.3, 0.4) is 0 Å². The molecule has 7 nitrogen and oxygen atoms in total. The fraction of sp³-hybridized carbons (Fsp3) is 0.353. The number of carbonyl (C=O) groups excluding carboxylic acids is 2. The summed E-state index contributed by atoms with van der Waals surface area (Å²) in [6.07, 6.45) is 1.93. The van der Waals surface area contributed by atoms with Crippen LogP contribution in [0.25, 0.3) is 0 Å². The summed E-state index contributed by atoms with van der Waals surface area (Å²) in [5.74, 6) is -2.65. The van der Waals surface area contributed by atoms with Gasteiger partial charge in [-0.1, -0.05) is 12.1 Å². The van der Waals surface area contributed by atoms with Crippen molar-refractivity contribution in [1.82, 2.24) is 20.2 Å². The molecule has 2 amide bonds. The summed E-state index contributed by atoms with van der Waals surface area (Å²) in [6, 6.07) is 1.41. The summed E-state index contributed by atoms with van der Waals surface area (Å²) in [5, 5.41) is 2.52. The third kappa shape index (κ3) is 3.12. The average Bonchev–Trinajstić information content (AvgIpc) is 3.11. The molecular formula is C17H18F2N4O3. The number of imidazole rings is 1. The zero-order chi connectivity index (χ0) is 18.8. The molecule has 26 heavy (non-hydrogen) atoms. The van der Waals surface area contributed by atoms with Gasteiger partial charge >= 0.3 is 12.0 Å². The van der Waals surface area contributed by atoms with Gasteiger partial charge in [-0.3, -0.25) is 0 Å². The summed E-state index contributed by atoms with van der Waals surface area (Å²) in [4.78, 5) is 32.7. The zero-order valence-electron chi connectivity index (χ0n) is 14.3. The van der Waals surface area contributed by atoms with Crippen LogP contribution in [0, 0.1) is 11.6 Å². The Morgan fingerprint density at radius 1 is 1.42 bits per heavy atom. The predicted octanol–water partition coefficient (Wildman–Crippen LogP) is 1.91. The summed E-state index contributed by atoms with van der Waals surface area (Å²) in [7, 11) is 1.22. The zero-order valence-corrected chi connectivity index (χ0v) is 14.3. The number of halogens is 2. The van der Waals surface area contributed by atoms with E-state index in [4.69, 9.17) is 0 Å². The minimum Gasteiger partial charge on any atom is -0.467 e. The highest BCUT2D eigenvalue weighted by Crippen LogP contribution is 2.35. The number of amides is 2. The van der Waals surface area contributed by atoms with E-state index in [2.05, 4.69) is 20.0 Å². The largest absolute Gasteiger partial charge is 0.467 e. The van der Waals surface area contributed by atoms with Crippen molar-refractivity contribution in [3.8, 4) is 0 Å². The van der Waals surface area contributed by atoms with Gasteiger partial charge in [-0.15, -0.1) is 0 Å². The molecule has 0 saturated carbocycles. The molecule has 0 radical (unpaired) electrons. The van der Waals surface area contributed by atoms with Gasteiger partial charge in [-0.05, 0) is 13.0 Å². The van der Waals surface area contributed by atoms with Gasteiger partial charge in [-0.2, -0.15) is 0 Å². The van der Waals surface area contributed by atoms with Crippen LogP contribution in [0.1, 0.15) is 29.9 Å². The van der Waals surface area contributed by atoms with Gasteiger partial charge in [0, 0.05) is 24.2 Å². The Kier molecular flexibility index (Phi) is 4.88. The van der Waals surface area contributed by atoms with E-state index in [9.17, 15) is 18.4 Å². The lowest BCUT2D eigenvalue weighted by Gasteiger charge is -2.35. The van der Waals surface area contributed by atoms with E-state index < -0.39 is 35.7 Å². The first-order valence-corrected chi connectivity index (χ1v) is 8.05. The Balaban J connectivity index is 1.97. The van der Waals surface area contributed by atoms with Crippen LogP contribution in [0.15, 0.2) is 24.5 Å². The molecule has 0 fully saturated rings. The number of rotatable bonds is 3. The maximum absolute atomic E-state index is 14.4. The van der Waals surface area contributed by atoms with E-state index >= 15 is 0 Å². The third-order valence-electron chi connectivity index (χ3n) is 4.36. The number of benzene rings is 1. The van der Waals surface area contributed by atoms with Crippen molar-refractivity contribution in [3.05, 3.63) is 53.1 Å². The minimum absolute atomic E-state index is 0.000999. The van der Waals surface area contributed by atoms with Crippen LogP contribution in [-0.4, -0.2) is 46.6 Å². The van der Waals surface area contributed by atoms with E-state index in [1.54, 1.807) is 0 Å². The second-order valence-electron chi connectivity index (χ2n) is 5.95. The van der Waals surface area contributed by atoms with Crippen molar-refractivity contribution in [2.75, 3.05) is 13.7 Å². The van der Waals surface area contributed by atoms with Crippen LogP contribution in [0.4, 0.5) is 13.6 Å². The van der Waals surface area contributed by atoms with Gasteiger partial charge in [0.15, 0.2) is 11.6 Å². The molecule has 2 aromatic rings. The average molecular weight is 364 g/mol. The van der Waals surface area contributed by atoms with E-state index in [1.807, 2.05) is 0 Å². The van der Waals surface area contributed by atoms with Crippen molar-refractivity contribution >= 4 is 12.0 Å². The molecule has 0 unspecified atom stereocenters. The molecule has 1 aromatic carbocycles. The Hall–Kier alpha value is -2.97. The number of nitrogens with zero attached hydrogens (tertiary/aromatic N) is 2. The quantitative estimate of drug-likeness (QED) is 0.815. The molecule has 1 aliphatic heterocycles. The lowest BCUT2D eigenvalue weighted by Crippen LogP contribution is -2.50. The Morgan fingerprint density at radius 3 is 2.92 bits per heavy atom. The molecule has 0 saturated heterocycles. The number of hydrogen-bond acceptors (Lipinski definition) is 4. The van der Waals surface area contributed by atoms with Crippen molar-refractivity contribution < 1.29 is 23.1 Å². The number of aromatic amines is 1. The molecule has 2 heterocycles. The minimum atomic E-state index is -1.04. The second kappa shape index (κ2) is 7.11. The van der Waals surface area contributed by atoms with E-state index in [0.717, 1.165) is 11.8 Å². The molecule has 2 N–H and O–H groups in total. The second-order valence-corrected chi connectivity index (χ2v) is 5.95. The molecule has 1 aromatic heterocycles. The number of methoxy groups -OCH3 is 1. The molecule has 1 aliphatic rings. The standard InChI is InChI=1S/C17H18F2N4O3/c1-9(16(24)26-2)22-17(25)23-7-6-12-14(21-8-20-12)15(23)10-4-3-5-11(18)13(10)19/h3-5,8-9,15H,6-7H2,1-2H3,(H,20,21)(H,22,25)/t9-,15+/m0/s1. The lowest BCUT2D eigenvalue weighted by molar-refractivity contribution is -0.142. The van der Waals surface area contributed by atoms with Gasteiger partial charge in [0.1, 0.15) is 12.1 Å². The number of aromatic nitrogens is 2. The third-order valence-corrected chi connectivity index (χ3v) is 4.36. The van der Waals surface area contributed by atoms with E-state index in [1.165, 1.54) is 37.4 Å². The molecule has 0 bridgehead atoms. The number of hydrogen-bond donors (Lipinski definition) is 2. The Morgan fingerprint density at radius 2 is 2.19 bits per heavy atom. The highest BCUT2D eigenvalue weighted by molar-refractivity contribution is 5.83. The fourth-order valence-electron chi connectivity index (χ4n) is 3.05. The first-order valence-electron chi connectivity index (χ1n) is 8.05. The first-order chi connectivity index (χ1) is 12.4. The number of esters is 1. The maximum Gasteiger partial charge on any atom is 0.328 e. The van der Waals surface area contributed by atoms with Crippen molar-refractivity contribution in [2.24, 2.45) is 0 Å². The molecular weight excluding hydrogens is 346 g/mol. The van der Waals surface area contributed by atoms with Crippen LogP contribution >= 0.6 is 0 Å². The number of nitrogens with one attached hydrogen (secondary N) is 2. The van der Waals surface area contributed by atoms with Gasteiger partial charge in [0.25, 0.3) is 0 Å². The van der Waals surface area contributed by atoms with Gasteiger partial charge in [0.2, 0.25) is 0 Å². The molecule has 9 heteroatoms. The molecule has 0 aliphatic carbocycles. The van der Waals surface area contributed by atoms with Crippen LogP contribution < -0.4 is 5.32 Å². The van der Waals surface area contributed by atoms with Gasteiger partial charge in [0.05, 0.1) is 19.1 Å². The highest BCUT2D eigenvalue weighted by Gasteiger charge is 2.37. The summed E-state index contributed by atoms with van der Waals surface area (Å²) in [6.45, 7) is 1.72. The van der Waals surface area contributed by atoms with Crippen molar-refractivity contribution in [1.29, 1.82) is 0 Å². The van der Waals surface area contributed by atoms with Crippen molar-refractivity contribution in [3.63, 3.8) is 0 Å². The normalized spacial score (nSPS) is 17.4. The summed E-state index contributed by atoms with van der Waals surface area (Å²) in [5.41, 5.74) is 1.20. The molecule has 2 atom stereocenters. The summed E-state index contributed by atoms with van der Waals surface area (Å²) < 4.78 is 32.8. The highest BCUT2D eigenvalue weighted by atomic mass is 19.2. The Labute approximate surface area is 148 Å². The van der Waals surface area contributed by atoms with Crippen LogP contribution in [0.2, 0.25) is 0 Å². The summed E-state index contributed by atoms with van der Waals surface area (Å²) >= 11 is 0. The number of H-pyrrole nitrogens is 1. The van der Waals surface area contributed by atoms with Crippen LogP contribution in [0.5, 0.6) is 0 Å². The topological polar surface area (TPSA) is 87.3 Å². The molecule has 0 spiro atoms.